The molecule has 8 heteroatoms. The zero-order chi connectivity index (χ0) is 18.5. The van der Waals surface area contributed by atoms with Crippen LogP contribution in [-0.2, 0) is 14.3 Å². The fourth-order valence-corrected chi connectivity index (χ4v) is 3.77. The summed E-state index contributed by atoms with van der Waals surface area (Å²) in [5.74, 6) is -0.448. The van der Waals surface area contributed by atoms with Gasteiger partial charge >= 0.3 is 5.97 Å². The highest BCUT2D eigenvalue weighted by Crippen LogP contribution is 2.31. The number of carbonyl (C=O) groups excluding carboxylic acids is 2. The maximum atomic E-state index is 12.1. The van der Waals surface area contributed by atoms with Crippen LogP contribution >= 0.6 is 24.0 Å². The number of amides is 1. The van der Waals surface area contributed by atoms with E-state index in [0.717, 1.165) is 31.9 Å². The van der Waals surface area contributed by atoms with Crippen LogP contribution in [-0.4, -0.2) is 72.5 Å². The summed E-state index contributed by atoms with van der Waals surface area (Å²) in [6.45, 7) is 4.27. The van der Waals surface area contributed by atoms with Crippen LogP contribution in [0, 0.1) is 0 Å². The smallest absolute Gasteiger partial charge is 0.338 e. The minimum Gasteiger partial charge on any atom is -0.461 e. The van der Waals surface area contributed by atoms with E-state index in [2.05, 4.69) is 4.90 Å². The molecule has 2 aliphatic heterocycles. The second-order valence-electron chi connectivity index (χ2n) is 5.95. The van der Waals surface area contributed by atoms with Crippen molar-refractivity contribution in [2.75, 3.05) is 46.5 Å². The summed E-state index contributed by atoms with van der Waals surface area (Å²) >= 11 is 6.39. The molecule has 1 amide bonds. The normalized spacial score (nSPS) is 20.0. The molecule has 3 rings (SSSR count). The fourth-order valence-electron chi connectivity index (χ4n) is 2.59. The molecule has 0 bridgehead atoms. The first-order chi connectivity index (χ1) is 12.5. The van der Waals surface area contributed by atoms with Gasteiger partial charge < -0.3 is 9.47 Å². The highest BCUT2D eigenvalue weighted by atomic mass is 32.2. The van der Waals surface area contributed by atoms with Crippen LogP contribution in [0.5, 0.6) is 0 Å². The summed E-state index contributed by atoms with van der Waals surface area (Å²) in [6, 6.07) is 6.99. The number of rotatable bonds is 5. The number of thiocarbonyl (C=S) groups is 1. The highest BCUT2D eigenvalue weighted by molar-refractivity contribution is 8.26. The van der Waals surface area contributed by atoms with Gasteiger partial charge in [-0.1, -0.05) is 36.1 Å². The highest BCUT2D eigenvalue weighted by Gasteiger charge is 2.28. The van der Waals surface area contributed by atoms with Gasteiger partial charge in [0.05, 0.1) is 23.7 Å². The Hall–Kier alpha value is -1.74. The summed E-state index contributed by atoms with van der Waals surface area (Å²) in [5.41, 5.74) is 1.33. The average Bonchev–Trinajstić information content (AvgIpc) is 2.90. The molecule has 0 aliphatic carbocycles. The van der Waals surface area contributed by atoms with Gasteiger partial charge in [-0.25, -0.2) is 4.79 Å². The molecule has 1 aromatic rings. The van der Waals surface area contributed by atoms with Gasteiger partial charge in [-0.2, -0.15) is 0 Å². The minimum absolute atomic E-state index is 0.105. The summed E-state index contributed by atoms with van der Waals surface area (Å²) in [5, 5.41) is 0. The van der Waals surface area contributed by atoms with E-state index in [1.54, 1.807) is 37.4 Å². The number of nitrogens with zero attached hydrogens (tertiary/aromatic N) is 2. The lowest BCUT2D eigenvalue weighted by atomic mass is 10.1. The summed E-state index contributed by atoms with van der Waals surface area (Å²) in [6.07, 6.45) is 1.77. The first kappa shape index (κ1) is 19.0. The Kier molecular flexibility index (Phi) is 6.42. The minimum atomic E-state index is -0.343. The van der Waals surface area contributed by atoms with Crippen LogP contribution < -0.4 is 0 Å². The number of carbonyl (C=O) groups is 2. The Bertz CT molecular complexity index is 727. The molecule has 0 unspecified atom stereocenters. The number of ether oxygens (including phenoxy) is 2. The van der Waals surface area contributed by atoms with Crippen LogP contribution in [0.2, 0.25) is 0 Å². The maximum Gasteiger partial charge on any atom is 0.338 e. The SMILES string of the molecule is CN1C(=O)/C(=C/c2ccc(C(=O)OCCN3CCOCC3)cc2)SC1=S. The molecule has 0 atom stereocenters. The van der Waals surface area contributed by atoms with Crippen molar-refractivity contribution in [3.8, 4) is 0 Å². The number of hydrogen-bond acceptors (Lipinski definition) is 7. The van der Waals surface area contributed by atoms with Crippen molar-refractivity contribution < 1.29 is 19.1 Å². The van der Waals surface area contributed by atoms with Crippen molar-refractivity contribution >= 4 is 46.3 Å². The lowest BCUT2D eigenvalue weighted by Gasteiger charge is -2.26. The summed E-state index contributed by atoms with van der Waals surface area (Å²) in [4.78, 5) is 28.4. The summed E-state index contributed by atoms with van der Waals surface area (Å²) < 4.78 is 11.2. The van der Waals surface area contributed by atoms with E-state index in [9.17, 15) is 9.59 Å². The molecule has 2 fully saturated rings. The Morgan fingerprint density at radius 2 is 2.00 bits per heavy atom. The molecule has 138 valence electrons. The molecule has 0 spiro atoms. The van der Waals surface area contributed by atoms with Crippen LogP contribution in [0.1, 0.15) is 15.9 Å². The topological polar surface area (TPSA) is 59.1 Å². The zero-order valence-electron chi connectivity index (χ0n) is 14.5. The quantitative estimate of drug-likeness (QED) is 0.432. The van der Waals surface area contributed by atoms with E-state index in [-0.39, 0.29) is 11.9 Å². The van der Waals surface area contributed by atoms with Crippen LogP contribution in [0.15, 0.2) is 29.2 Å². The van der Waals surface area contributed by atoms with E-state index >= 15 is 0 Å². The summed E-state index contributed by atoms with van der Waals surface area (Å²) in [7, 11) is 1.66. The largest absolute Gasteiger partial charge is 0.461 e. The molecule has 0 saturated carbocycles. The van der Waals surface area contributed by atoms with Gasteiger partial charge in [0.2, 0.25) is 0 Å². The molecule has 2 aliphatic rings. The average molecular weight is 393 g/mol. The Labute approximate surface area is 162 Å². The van der Waals surface area contributed by atoms with Gasteiger partial charge in [-0.05, 0) is 23.8 Å². The second-order valence-corrected chi connectivity index (χ2v) is 7.63. The van der Waals surface area contributed by atoms with E-state index in [4.69, 9.17) is 21.7 Å². The second kappa shape index (κ2) is 8.77. The van der Waals surface area contributed by atoms with Gasteiger partial charge in [0, 0.05) is 26.7 Å². The Balaban J connectivity index is 1.53. The fraction of sp³-hybridized carbons (Fsp3) is 0.389. The third kappa shape index (κ3) is 4.70. The van der Waals surface area contributed by atoms with E-state index in [1.807, 2.05) is 0 Å². The number of thioether (sulfide) groups is 1. The molecule has 6 nitrogen and oxygen atoms in total. The lowest BCUT2D eigenvalue weighted by molar-refractivity contribution is -0.121. The van der Waals surface area contributed by atoms with Crippen molar-refractivity contribution in [3.63, 3.8) is 0 Å². The molecular weight excluding hydrogens is 372 g/mol. The first-order valence-corrected chi connectivity index (χ1v) is 9.56. The molecule has 2 heterocycles. The van der Waals surface area contributed by atoms with Gasteiger partial charge in [0.25, 0.3) is 5.91 Å². The number of morpholine rings is 1. The predicted octanol–water partition coefficient (Wildman–Crippen LogP) is 2.01. The molecule has 0 radical (unpaired) electrons. The van der Waals surface area contributed by atoms with E-state index in [0.29, 0.717) is 27.9 Å². The van der Waals surface area contributed by atoms with Crippen molar-refractivity contribution in [2.24, 2.45) is 0 Å². The third-order valence-electron chi connectivity index (χ3n) is 4.18. The van der Waals surface area contributed by atoms with Gasteiger partial charge in [-0.15, -0.1) is 0 Å². The number of esters is 1. The number of likely N-dealkylation sites (N-methyl/N-ethyl adjacent to an activating group) is 1. The number of hydrogen-bond donors (Lipinski definition) is 0. The predicted molar refractivity (Wildman–Crippen MR) is 105 cm³/mol. The molecule has 0 N–H and O–H groups in total. The number of benzene rings is 1. The maximum absolute atomic E-state index is 12.1. The molecule has 1 aromatic carbocycles. The monoisotopic (exact) mass is 392 g/mol. The molecule has 26 heavy (non-hydrogen) atoms. The zero-order valence-corrected chi connectivity index (χ0v) is 16.1. The van der Waals surface area contributed by atoms with Crippen LogP contribution in [0.3, 0.4) is 0 Å². The van der Waals surface area contributed by atoms with Crippen LogP contribution in [0.4, 0.5) is 0 Å². The van der Waals surface area contributed by atoms with Crippen molar-refractivity contribution in [2.45, 2.75) is 0 Å². The molecular formula is C18H20N2O4S2. The Morgan fingerprint density at radius 1 is 1.31 bits per heavy atom. The third-order valence-corrected chi connectivity index (χ3v) is 5.66. The first-order valence-electron chi connectivity index (χ1n) is 8.33. The molecule has 2 saturated heterocycles. The Morgan fingerprint density at radius 3 is 2.62 bits per heavy atom. The van der Waals surface area contributed by atoms with Crippen LogP contribution in [0.25, 0.3) is 6.08 Å². The van der Waals surface area contributed by atoms with Gasteiger partial charge in [0.1, 0.15) is 10.9 Å². The standard InChI is InChI=1S/C18H20N2O4S2/c1-19-16(21)15(26-18(19)25)12-13-2-4-14(5-3-13)17(22)24-11-8-20-6-9-23-10-7-20/h2-5,12H,6-11H2,1H3/b15-12-. The van der Waals surface area contributed by atoms with Crippen molar-refractivity contribution in [1.29, 1.82) is 0 Å². The molecule has 0 aromatic heterocycles. The lowest BCUT2D eigenvalue weighted by Crippen LogP contribution is -2.38. The van der Waals surface area contributed by atoms with Crippen molar-refractivity contribution in [1.82, 2.24) is 9.80 Å². The van der Waals surface area contributed by atoms with Gasteiger partial charge in [0.15, 0.2) is 0 Å². The van der Waals surface area contributed by atoms with Gasteiger partial charge in [-0.3, -0.25) is 14.6 Å². The van der Waals surface area contributed by atoms with Crippen molar-refractivity contribution in [3.05, 3.63) is 40.3 Å². The van der Waals surface area contributed by atoms with E-state index < -0.39 is 0 Å². The van der Waals surface area contributed by atoms with E-state index in [1.165, 1.54) is 16.7 Å².